The molecule has 1 aromatic heterocycles. The topological polar surface area (TPSA) is 46.9 Å². The molecule has 1 N–H and O–H groups in total. The summed E-state index contributed by atoms with van der Waals surface area (Å²) < 4.78 is 2.05. The predicted molar refractivity (Wildman–Crippen MR) is 92.5 cm³/mol. The second kappa shape index (κ2) is 6.42. The van der Waals surface area contributed by atoms with Crippen molar-refractivity contribution in [1.29, 1.82) is 0 Å². The number of hydrogen-bond acceptors (Lipinski definition) is 2. The van der Waals surface area contributed by atoms with Crippen LogP contribution in [-0.4, -0.2) is 15.5 Å². The molecule has 3 aromatic rings. The van der Waals surface area contributed by atoms with E-state index in [4.69, 9.17) is 11.6 Å². The zero-order chi connectivity index (χ0) is 16.4. The van der Waals surface area contributed by atoms with Crippen LogP contribution in [0.3, 0.4) is 0 Å². The number of aryl methyl sites for hydroxylation is 2. The minimum Gasteiger partial charge on any atom is -0.352 e. The van der Waals surface area contributed by atoms with Gasteiger partial charge >= 0.3 is 0 Å². The quantitative estimate of drug-likeness (QED) is 0.798. The van der Waals surface area contributed by atoms with Crippen LogP contribution in [-0.2, 0) is 24.8 Å². The summed E-state index contributed by atoms with van der Waals surface area (Å²) in [6.45, 7) is 2.47. The molecule has 23 heavy (non-hydrogen) atoms. The fourth-order valence-corrected chi connectivity index (χ4v) is 2.78. The van der Waals surface area contributed by atoms with E-state index in [1.54, 1.807) is 6.07 Å². The molecule has 0 atom stereocenters. The number of carbonyl (C=O) groups is 1. The fourth-order valence-electron chi connectivity index (χ4n) is 2.57. The second-order valence-corrected chi connectivity index (χ2v) is 6.06. The number of nitrogens with one attached hydrogen (secondary N) is 1. The summed E-state index contributed by atoms with van der Waals surface area (Å²) in [4.78, 5) is 16.6. The Balaban J connectivity index is 1.64. The van der Waals surface area contributed by atoms with Crippen molar-refractivity contribution in [2.75, 3.05) is 0 Å². The van der Waals surface area contributed by atoms with E-state index in [1.165, 1.54) is 0 Å². The average Bonchev–Trinajstić information content (AvgIpc) is 2.80. The van der Waals surface area contributed by atoms with Crippen LogP contribution < -0.4 is 5.32 Å². The van der Waals surface area contributed by atoms with Gasteiger partial charge in [-0.3, -0.25) is 4.79 Å². The number of carbonyl (C=O) groups excluding carboxylic acids is 1. The van der Waals surface area contributed by atoms with Gasteiger partial charge in [-0.25, -0.2) is 4.98 Å². The maximum Gasteiger partial charge on any atom is 0.224 e. The third-order valence-corrected chi connectivity index (χ3v) is 4.15. The van der Waals surface area contributed by atoms with Crippen molar-refractivity contribution < 1.29 is 4.79 Å². The number of benzene rings is 2. The van der Waals surface area contributed by atoms with Gasteiger partial charge in [-0.05, 0) is 42.3 Å². The highest BCUT2D eigenvalue weighted by molar-refractivity contribution is 6.30. The lowest BCUT2D eigenvalue weighted by Gasteiger charge is -2.06. The van der Waals surface area contributed by atoms with Crippen LogP contribution in [0.15, 0.2) is 42.5 Å². The lowest BCUT2D eigenvalue weighted by Crippen LogP contribution is -2.24. The highest BCUT2D eigenvalue weighted by Crippen LogP contribution is 2.16. The monoisotopic (exact) mass is 327 g/mol. The van der Waals surface area contributed by atoms with Gasteiger partial charge in [-0.15, -0.1) is 0 Å². The molecule has 0 saturated carbocycles. The smallest absolute Gasteiger partial charge is 0.224 e. The number of halogens is 1. The molecule has 0 aliphatic rings. The number of rotatable bonds is 4. The van der Waals surface area contributed by atoms with Gasteiger partial charge in [0.2, 0.25) is 5.91 Å². The molecule has 4 nitrogen and oxygen atoms in total. The summed E-state index contributed by atoms with van der Waals surface area (Å²) in [5, 5.41) is 3.58. The van der Waals surface area contributed by atoms with Crippen LogP contribution in [0.25, 0.3) is 11.0 Å². The lowest BCUT2D eigenvalue weighted by atomic mass is 10.1. The van der Waals surface area contributed by atoms with Gasteiger partial charge in [-0.2, -0.15) is 0 Å². The zero-order valence-corrected chi connectivity index (χ0v) is 13.9. The number of fused-ring (bicyclic) bond motifs is 1. The predicted octanol–water partition coefficient (Wildman–Crippen LogP) is 3.39. The SMILES string of the molecule is Cc1nc2cc(CNC(=O)Cc3cccc(Cl)c3)ccc2n1C. The Bertz CT molecular complexity index is 870. The number of nitrogens with zero attached hydrogens (tertiary/aromatic N) is 2. The summed E-state index contributed by atoms with van der Waals surface area (Å²) >= 11 is 5.93. The van der Waals surface area contributed by atoms with Gasteiger partial charge in [0, 0.05) is 18.6 Å². The molecular formula is C18H18ClN3O. The van der Waals surface area contributed by atoms with E-state index in [2.05, 4.69) is 14.9 Å². The van der Waals surface area contributed by atoms with Crippen LogP contribution in [0.2, 0.25) is 5.02 Å². The Hall–Kier alpha value is -2.33. The first kappa shape index (κ1) is 15.6. The fraction of sp³-hybridized carbons (Fsp3) is 0.222. The molecule has 1 amide bonds. The van der Waals surface area contributed by atoms with Crippen molar-refractivity contribution in [2.45, 2.75) is 19.9 Å². The summed E-state index contributed by atoms with van der Waals surface area (Å²) in [6.07, 6.45) is 0.325. The average molecular weight is 328 g/mol. The van der Waals surface area contributed by atoms with Crippen molar-refractivity contribution in [3.63, 3.8) is 0 Å². The van der Waals surface area contributed by atoms with Crippen LogP contribution >= 0.6 is 11.6 Å². The minimum atomic E-state index is -0.0236. The van der Waals surface area contributed by atoms with E-state index in [1.807, 2.05) is 50.4 Å². The number of amides is 1. The highest BCUT2D eigenvalue weighted by Gasteiger charge is 2.07. The van der Waals surface area contributed by atoms with Crippen molar-refractivity contribution in [3.8, 4) is 0 Å². The van der Waals surface area contributed by atoms with Crippen molar-refractivity contribution in [3.05, 3.63) is 64.4 Å². The third kappa shape index (κ3) is 3.54. The largest absolute Gasteiger partial charge is 0.352 e. The molecule has 0 aliphatic heterocycles. The minimum absolute atomic E-state index is 0.0236. The number of imidazole rings is 1. The molecule has 0 radical (unpaired) electrons. The van der Waals surface area contributed by atoms with Gasteiger partial charge in [0.1, 0.15) is 5.82 Å². The second-order valence-electron chi connectivity index (χ2n) is 5.62. The molecule has 0 aliphatic carbocycles. The Morgan fingerprint density at radius 3 is 2.83 bits per heavy atom. The van der Waals surface area contributed by atoms with E-state index in [0.717, 1.165) is 28.0 Å². The molecule has 1 heterocycles. The first-order valence-electron chi connectivity index (χ1n) is 7.46. The molecule has 5 heteroatoms. The van der Waals surface area contributed by atoms with E-state index < -0.39 is 0 Å². The molecule has 0 saturated heterocycles. The molecule has 0 spiro atoms. The van der Waals surface area contributed by atoms with E-state index in [0.29, 0.717) is 18.0 Å². The summed E-state index contributed by atoms with van der Waals surface area (Å²) in [7, 11) is 2.00. The van der Waals surface area contributed by atoms with Crippen LogP contribution in [0.4, 0.5) is 0 Å². The summed E-state index contributed by atoms with van der Waals surface area (Å²) in [5.41, 5.74) is 3.99. The van der Waals surface area contributed by atoms with Crippen LogP contribution in [0, 0.1) is 6.92 Å². The summed E-state index contributed by atoms with van der Waals surface area (Å²) in [5.74, 6) is 0.951. The first-order chi connectivity index (χ1) is 11.0. The molecule has 118 valence electrons. The molecule has 0 fully saturated rings. The van der Waals surface area contributed by atoms with Crippen molar-refractivity contribution in [1.82, 2.24) is 14.9 Å². The maximum atomic E-state index is 12.0. The van der Waals surface area contributed by atoms with Gasteiger partial charge in [0.05, 0.1) is 17.5 Å². The normalized spacial score (nSPS) is 10.9. The van der Waals surface area contributed by atoms with E-state index in [-0.39, 0.29) is 5.91 Å². The molecule has 0 unspecified atom stereocenters. The first-order valence-corrected chi connectivity index (χ1v) is 7.84. The van der Waals surface area contributed by atoms with Gasteiger partial charge < -0.3 is 9.88 Å². The third-order valence-electron chi connectivity index (χ3n) is 3.91. The molecular weight excluding hydrogens is 310 g/mol. The maximum absolute atomic E-state index is 12.0. The van der Waals surface area contributed by atoms with Crippen LogP contribution in [0.1, 0.15) is 17.0 Å². The Morgan fingerprint density at radius 1 is 1.22 bits per heavy atom. The Morgan fingerprint density at radius 2 is 2.04 bits per heavy atom. The van der Waals surface area contributed by atoms with Gasteiger partial charge in [-0.1, -0.05) is 29.8 Å². The Labute approximate surface area is 140 Å². The molecule has 3 rings (SSSR count). The van der Waals surface area contributed by atoms with Crippen molar-refractivity contribution >= 4 is 28.5 Å². The number of aromatic nitrogens is 2. The van der Waals surface area contributed by atoms with Gasteiger partial charge in [0.25, 0.3) is 0 Å². The standard InChI is InChI=1S/C18H18ClN3O/c1-12-21-16-9-14(6-7-17(16)22(12)2)11-20-18(23)10-13-4-3-5-15(19)8-13/h3-9H,10-11H2,1-2H3,(H,20,23). The summed E-state index contributed by atoms with van der Waals surface area (Å²) in [6, 6.07) is 13.4. The Kier molecular flexibility index (Phi) is 4.35. The van der Waals surface area contributed by atoms with Crippen LogP contribution in [0.5, 0.6) is 0 Å². The molecule has 2 aromatic carbocycles. The van der Waals surface area contributed by atoms with E-state index in [9.17, 15) is 4.79 Å². The molecule has 0 bridgehead atoms. The highest BCUT2D eigenvalue weighted by atomic mass is 35.5. The lowest BCUT2D eigenvalue weighted by molar-refractivity contribution is -0.120. The zero-order valence-electron chi connectivity index (χ0n) is 13.1. The van der Waals surface area contributed by atoms with Gasteiger partial charge in [0.15, 0.2) is 0 Å². The number of hydrogen-bond donors (Lipinski definition) is 1. The van der Waals surface area contributed by atoms with Crippen molar-refractivity contribution in [2.24, 2.45) is 7.05 Å². The van der Waals surface area contributed by atoms with E-state index >= 15 is 0 Å².